The van der Waals surface area contributed by atoms with Crippen molar-refractivity contribution in [3.8, 4) is 11.5 Å². The van der Waals surface area contributed by atoms with E-state index in [2.05, 4.69) is 4.72 Å². The number of nitrogens with zero attached hydrogens (tertiary/aromatic N) is 1. The number of carboxylic acid groups (broad SMARTS) is 1. The second-order valence-electron chi connectivity index (χ2n) is 13.8. The summed E-state index contributed by atoms with van der Waals surface area (Å²) in [5, 5.41) is 8.49. The molecule has 16 heteroatoms. The first-order valence-electron chi connectivity index (χ1n) is 17.7. The predicted molar refractivity (Wildman–Crippen MR) is 186 cm³/mol. The average molecular weight is 770 g/mol. The lowest BCUT2D eigenvalue weighted by Gasteiger charge is -2.41. The number of carbonyl (C=O) groups excluding carboxylic acids is 1. The topological polar surface area (TPSA) is 148 Å². The monoisotopic (exact) mass is 769 g/mol. The Bertz CT molecular complexity index is 1860. The molecule has 3 aliphatic rings. The molecule has 3 atom stereocenters. The molecule has 2 saturated heterocycles. The molecule has 6 rings (SSSR count). The van der Waals surface area contributed by atoms with Gasteiger partial charge in [-0.15, -0.1) is 0 Å². The molecular formula is C37H44F5N3O7S. The third-order valence-electron chi connectivity index (χ3n) is 9.83. The molecule has 3 aromatic carbocycles. The minimum atomic E-state index is -5.08. The van der Waals surface area contributed by atoms with Crippen LogP contribution in [0.4, 0.5) is 22.0 Å². The van der Waals surface area contributed by atoms with Crippen molar-refractivity contribution >= 4 is 32.7 Å². The maximum Gasteiger partial charge on any atom is 0.490 e. The highest BCUT2D eigenvalue weighted by Crippen LogP contribution is 2.41. The SMILES string of the molecule is CCCCOc1cccc(C(F)(F)[C@H](NS(=O)(=O)c2ccc3cc(OC4CCCC4)ccc3c2)C(=O)N2C3CCC2CC(N)C3)c1.O=C(O)C(F)(F)F. The molecule has 1 saturated carbocycles. The number of amides is 1. The number of fused-ring (bicyclic) bond motifs is 3. The van der Waals surface area contributed by atoms with Crippen LogP contribution in [0.2, 0.25) is 0 Å². The number of ether oxygens (including phenoxy) is 2. The van der Waals surface area contributed by atoms with Crippen LogP contribution in [-0.2, 0) is 25.5 Å². The molecule has 1 aliphatic carbocycles. The smallest absolute Gasteiger partial charge is 0.490 e. The Kier molecular flexibility index (Phi) is 12.5. The summed E-state index contributed by atoms with van der Waals surface area (Å²) in [6.45, 7) is 2.35. The molecule has 3 fully saturated rings. The third kappa shape index (κ3) is 9.75. The van der Waals surface area contributed by atoms with Crippen molar-refractivity contribution in [2.75, 3.05) is 6.61 Å². The fourth-order valence-electron chi connectivity index (χ4n) is 7.17. The largest absolute Gasteiger partial charge is 0.494 e. The molecule has 2 aliphatic heterocycles. The van der Waals surface area contributed by atoms with Crippen LogP contribution < -0.4 is 19.9 Å². The second kappa shape index (κ2) is 16.6. The van der Waals surface area contributed by atoms with E-state index < -0.39 is 45.6 Å². The van der Waals surface area contributed by atoms with Crippen molar-refractivity contribution in [1.82, 2.24) is 9.62 Å². The lowest BCUT2D eigenvalue weighted by atomic mass is 9.94. The highest BCUT2D eigenvalue weighted by atomic mass is 32.2. The van der Waals surface area contributed by atoms with E-state index in [9.17, 15) is 26.4 Å². The van der Waals surface area contributed by atoms with Crippen molar-refractivity contribution in [3.05, 3.63) is 66.2 Å². The van der Waals surface area contributed by atoms with Gasteiger partial charge in [-0.3, -0.25) is 4.79 Å². The molecule has 0 spiro atoms. The van der Waals surface area contributed by atoms with Crippen molar-refractivity contribution < 1.29 is 54.5 Å². The summed E-state index contributed by atoms with van der Waals surface area (Å²) in [5.41, 5.74) is 5.69. The van der Waals surface area contributed by atoms with Gasteiger partial charge in [0.15, 0.2) is 6.04 Å². The number of hydrogen-bond donors (Lipinski definition) is 3. The molecule has 10 nitrogen and oxygen atoms in total. The first-order valence-corrected chi connectivity index (χ1v) is 19.2. The minimum absolute atomic E-state index is 0.129. The Morgan fingerprint density at radius 3 is 2.17 bits per heavy atom. The lowest BCUT2D eigenvalue weighted by molar-refractivity contribution is -0.192. The second-order valence-corrected chi connectivity index (χ2v) is 15.5. The highest BCUT2D eigenvalue weighted by molar-refractivity contribution is 7.89. The van der Waals surface area contributed by atoms with Crippen LogP contribution in [0.15, 0.2) is 65.6 Å². The Labute approximate surface area is 304 Å². The molecule has 1 amide bonds. The first kappa shape index (κ1) is 40.2. The molecule has 4 N–H and O–H groups in total. The van der Waals surface area contributed by atoms with Gasteiger partial charge in [0.25, 0.3) is 5.92 Å². The Balaban J connectivity index is 0.000000705. The van der Waals surface area contributed by atoms with Gasteiger partial charge in [-0.05, 0) is 105 Å². The number of carbonyl (C=O) groups is 2. The van der Waals surface area contributed by atoms with Gasteiger partial charge in [0.1, 0.15) is 11.5 Å². The van der Waals surface area contributed by atoms with E-state index in [1.807, 2.05) is 13.0 Å². The van der Waals surface area contributed by atoms with Crippen LogP contribution in [0.5, 0.6) is 11.5 Å². The number of rotatable bonds is 12. The van der Waals surface area contributed by atoms with E-state index in [1.165, 1.54) is 35.2 Å². The predicted octanol–water partition coefficient (Wildman–Crippen LogP) is 6.89. The number of halogens is 5. The summed E-state index contributed by atoms with van der Waals surface area (Å²) in [6.07, 6.45) is 3.28. The lowest BCUT2D eigenvalue weighted by Crippen LogP contribution is -2.60. The number of aliphatic carboxylic acids is 1. The zero-order chi connectivity index (χ0) is 38.6. The summed E-state index contributed by atoms with van der Waals surface area (Å²) in [7, 11) is -4.57. The normalized spacial score (nSPS) is 21.2. The minimum Gasteiger partial charge on any atom is -0.494 e. The standard InChI is InChI=1S/C35H43F2N3O5S.C2HF3O2/c1-2-3-17-44-30-10-6-7-25(20-30)35(36,37)33(34(41)40-27-13-14-28(40)22-26(38)21-27)39-46(42,43)32-16-12-23-18-31(15-11-24(23)19-32)45-29-8-4-5-9-29;3-2(4,5)1(6)7/h6-7,10-12,15-16,18-20,26-29,33,39H,2-5,8-9,13-14,17,21-22,38H2,1H3;(H,6,7)/t26?,27?,28?,33-;/m1./s1. The molecule has 2 bridgehead atoms. The number of sulfonamides is 1. The van der Waals surface area contributed by atoms with Gasteiger partial charge in [0, 0.05) is 23.7 Å². The first-order chi connectivity index (χ1) is 25.0. The summed E-state index contributed by atoms with van der Waals surface area (Å²) in [4.78, 5) is 24.3. The number of unbranched alkanes of at least 4 members (excludes halogenated alkanes) is 1. The summed E-state index contributed by atoms with van der Waals surface area (Å²) >= 11 is 0. The van der Waals surface area contributed by atoms with Crippen LogP contribution in [-0.4, -0.2) is 73.4 Å². The number of nitrogens with two attached hydrogens (primary N) is 1. The molecule has 2 unspecified atom stereocenters. The molecule has 3 aromatic rings. The molecule has 2 heterocycles. The fourth-order valence-corrected chi connectivity index (χ4v) is 8.39. The maximum absolute atomic E-state index is 16.6. The number of nitrogens with one attached hydrogen (secondary N) is 1. The van der Waals surface area contributed by atoms with Crippen LogP contribution in [0.25, 0.3) is 10.8 Å². The number of carboxylic acids is 1. The van der Waals surface area contributed by atoms with E-state index in [1.54, 1.807) is 24.3 Å². The van der Waals surface area contributed by atoms with E-state index in [0.29, 0.717) is 43.4 Å². The van der Waals surface area contributed by atoms with Crippen LogP contribution in [0, 0.1) is 0 Å². The van der Waals surface area contributed by atoms with Crippen molar-refractivity contribution in [2.24, 2.45) is 5.73 Å². The van der Waals surface area contributed by atoms with Crippen molar-refractivity contribution in [3.63, 3.8) is 0 Å². The molecular weight excluding hydrogens is 725 g/mol. The van der Waals surface area contributed by atoms with Gasteiger partial charge in [-0.25, -0.2) is 13.2 Å². The Hall–Kier alpha value is -4.02. The van der Waals surface area contributed by atoms with Gasteiger partial charge in [-0.1, -0.05) is 37.6 Å². The van der Waals surface area contributed by atoms with Gasteiger partial charge >= 0.3 is 12.1 Å². The van der Waals surface area contributed by atoms with Crippen molar-refractivity contribution in [2.45, 2.75) is 118 Å². The summed E-state index contributed by atoms with van der Waals surface area (Å²) in [5.74, 6) is -6.66. The molecule has 290 valence electrons. The van der Waals surface area contributed by atoms with E-state index >= 15 is 8.78 Å². The maximum atomic E-state index is 16.6. The summed E-state index contributed by atoms with van der Waals surface area (Å²) in [6, 6.07) is 12.1. The number of benzene rings is 3. The van der Waals surface area contributed by atoms with E-state index in [-0.39, 0.29) is 34.9 Å². The number of hydrogen-bond acceptors (Lipinski definition) is 7. The Morgan fingerprint density at radius 2 is 1.55 bits per heavy atom. The molecule has 53 heavy (non-hydrogen) atoms. The molecule has 0 aromatic heterocycles. The zero-order valence-corrected chi connectivity index (χ0v) is 30.0. The third-order valence-corrected chi connectivity index (χ3v) is 11.3. The summed E-state index contributed by atoms with van der Waals surface area (Å²) < 4.78 is 106. The van der Waals surface area contributed by atoms with Crippen LogP contribution in [0.3, 0.4) is 0 Å². The van der Waals surface area contributed by atoms with Gasteiger partial charge in [0.05, 0.1) is 17.6 Å². The average Bonchev–Trinajstić information content (AvgIpc) is 3.72. The van der Waals surface area contributed by atoms with Crippen LogP contribution >= 0.6 is 0 Å². The quantitative estimate of drug-likeness (QED) is 0.133. The van der Waals surface area contributed by atoms with Gasteiger partial charge in [0.2, 0.25) is 15.9 Å². The number of alkyl halides is 5. The van der Waals surface area contributed by atoms with E-state index in [4.69, 9.17) is 25.1 Å². The van der Waals surface area contributed by atoms with Crippen LogP contribution in [0.1, 0.15) is 76.7 Å². The number of piperidine rings is 1. The van der Waals surface area contributed by atoms with E-state index in [0.717, 1.165) is 43.9 Å². The van der Waals surface area contributed by atoms with Crippen molar-refractivity contribution in [1.29, 1.82) is 0 Å². The molecule has 0 radical (unpaired) electrons. The Morgan fingerprint density at radius 1 is 0.925 bits per heavy atom. The van der Waals surface area contributed by atoms with Gasteiger partial charge < -0.3 is 25.2 Å². The zero-order valence-electron chi connectivity index (χ0n) is 29.2. The highest BCUT2D eigenvalue weighted by Gasteiger charge is 2.53. The van der Waals surface area contributed by atoms with Gasteiger partial charge in [-0.2, -0.15) is 26.7 Å². The fraction of sp³-hybridized carbons (Fsp3) is 0.514.